The summed E-state index contributed by atoms with van der Waals surface area (Å²) in [7, 11) is 1.33. The Morgan fingerprint density at radius 3 is 2.50 bits per heavy atom. The van der Waals surface area contributed by atoms with E-state index in [1.54, 1.807) is 19.9 Å². The molecule has 0 bridgehead atoms. The zero-order valence-corrected chi connectivity index (χ0v) is 14.6. The van der Waals surface area contributed by atoms with Crippen LogP contribution in [0.3, 0.4) is 0 Å². The van der Waals surface area contributed by atoms with E-state index < -0.39 is 17.4 Å². The number of carbonyl (C=O) groups is 1. The first kappa shape index (κ1) is 16.0. The van der Waals surface area contributed by atoms with E-state index in [0.29, 0.717) is 9.13 Å². The molecule has 0 heterocycles. The van der Waals surface area contributed by atoms with Crippen molar-refractivity contribution >= 4 is 51.2 Å². The number of benzene rings is 1. The molecule has 0 aromatic heterocycles. The van der Waals surface area contributed by atoms with Gasteiger partial charge in [-0.25, -0.2) is 0 Å². The third kappa shape index (κ3) is 3.08. The van der Waals surface area contributed by atoms with E-state index in [2.05, 4.69) is 22.6 Å². The largest absolute Gasteiger partial charge is 0.506 e. The first-order valence-corrected chi connectivity index (χ1v) is 7.39. The van der Waals surface area contributed by atoms with Gasteiger partial charge < -0.3 is 15.6 Å². The summed E-state index contributed by atoms with van der Waals surface area (Å²) in [6.07, 6.45) is 0. The van der Waals surface area contributed by atoms with Crippen molar-refractivity contribution in [3.63, 3.8) is 0 Å². The molecule has 6 heteroatoms. The molecule has 0 unspecified atom stereocenters. The van der Waals surface area contributed by atoms with Crippen LogP contribution in [-0.4, -0.2) is 18.2 Å². The molecule has 100 valence electrons. The lowest BCUT2D eigenvalue weighted by Crippen LogP contribution is -2.37. The molecule has 1 rings (SSSR count). The van der Waals surface area contributed by atoms with E-state index in [4.69, 9.17) is 10.5 Å². The number of carbonyl (C=O) groups excluding carboxylic acids is 1. The molecule has 1 aromatic rings. The number of hydrogen-bond acceptors (Lipinski definition) is 4. The number of rotatable bonds is 3. The van der Waals surface area contributed by atoms with Gasteiger partial charge in [-0.3, -0.25) is 4.79 Å². The van der Waals surface area contributed by atoms with Gasteiger partial charge in [0.2, 0.25) is 0 Å². The Hall–Kier alpha value is -0.0900. The monoisotopic (exact) mass is 475 g/mol. The second kappa shape index (κ2) is 5.91. The van der Waals surface area contributed by atoms with E-state index in [1.807, 2.05) is 28.7 Å². The summed E-state index contributed by atoms with van der Waals surface area (Å²) in [4.78, 5) is 11.7. The Morgan fingerprint density at radius 1 is 1.44 bits per heavy atom. The highest BCUT2D eigenvalue weighted by Gasteiger charge is 2.38. The highest BCUT2D eigenvalue weighted by molar-refractivity contribution is 14.1. The number of nitrogens with two attached hydrogens (primary N) is 1. The number of esters is 1. The van der Waals surface area contributed by atoms with Crippen molar-refractivity contribution in [2.45, 2.75) is 19.9 Å². The van der Waals surface area contributed by atoms with Gasteiger partial charge >= 0.3 is 5.97 Å². The molecule has 0 aliphatic rings. The average Bonchev–Trinajstić information content (AvgIpc) is 2.31. The van der Waals surface area contributed by atoms with E-state index in [0.717, 1.165) is 3.57 Å². The van der Waals surface area contributed by atoms with Crippen LogP contribution >= 0.6 is 45.2 Å². The molecular formula is C12H15I2NO3. The van der Waals surface area contributed by atoms with Crippen molar-refractivity contribution in [1.29, 1.82) is 0 Å². The zero-order chi connectivity index (χ0) is 14.1. The zero-order valence-electron chi connectivity index (χ0n) is 10.3. The maximum atomic E-state index is 11.7. The fraction of sp³-hybridized carbons (Fsp3) is 0.417. The summed E-state index contributed by atoms with van der Waals surface area (Å²) in [6.45, 7) is 3.41. The van der Waals surface area contributed by atoms with Gasteiger partial charge in [0.05, 0.1) is 16.1 Å². The van der Waals surface area contributed by atoms with Crippen molar-refractivity contribution in [2.75, 3.05) is 7.11 Å². The van der Waals surface area contributed by atoms with Gasteiger partial charge in [-0.2, -0.15) is 0 Å². The molecule has 0 aliphatic carbocycles. The summed E-state index contributed by atoms with van der Waals surface area (Å²) < 4.78 is 6.43. The van der Waals surface area contributed by atoms with Crippen LogP contribution in [0.15, 0.2) is 12.1 Å². The first-order chi connectivity index (χ1) is 8.21. The van der Waals surface area contributed by atoms with Crippen LogP contribution in [0, 0.1) is 12.6 Å². The van der Waals surface area contributed by atoms with Crippen LogP contribution in [0.2, 0.25) is 0 Å². The number of methoxy groups -OCH3 is 1. The van der Waals surface area contributed by atoms with Crippen LogP contribution in [0.1, 0.15) is 25.5 Å². The number of halogens is 2. The van der Waals surface area contributed by atoms with Gasteiger partial charge in [-0.05, 0) is 71.2 Å². The van der Waals surface area contributed by atoms with Crippen LogP contribution in [0.4, 0.5) is 0 Å². The molecule has 0 saturated carbocycles. The van der Waals surface area contributed by atoms with Crippen molar-refractivity contribution in [1.82, 2.24) is 0 Å². The molecular weight excluding hydrogens is 460 g/mol. The second-order valence-electron chi connectivity index (χ2n) is 4.52. The number of hydrogen-bond donors (Lipinski definition) is 2. The van der Waals surface area contributed by atoms with Gasteiger partial charge in [-0.1, -0.05) is 0 Å². The second-order valence-corrected chi connectivity index (χ2v) is 6.92. The standard InChI is InChI=1S/C12H15I2NO3/c1-12(2,11(17)18-3)10(15)7-4-6(13)5-8(14)9(7)16/h4-5,10,16H,15H2,1-3H3/t10-/m1/s1. The molecule has 1 aromatic carbocycles. The molecule has 0 fully saturated rings. The normalized spacial score (nSPS) is 13.2. The van der Waals surface area contributed by atoms with Gasteiger partial charge in [0.1, 0.15) is 5.75 Å². The molecule has 18 heavy (non-hydrogen) atoms. The molecule has 0 amide bonds. The predicted molar refractivity (Wildman–Crippen MR) is 86.3 cm³/mol. The highest BCUT2D eigenvalue weighted by Crippen LogP contribution is 2.39. The van der Waals surface area contributed by atoms with Crippen molar-refractivity contribution in [3.8, 4) is 5.75 Å². The number of ether oxygens (including phenoxy) is 1. The smallest absolute Gasteiger partial charge is 0.313 e. The minimum Gasteiger partial charge on any atom is -0.506 e. The Kier molecular flexibility index (Phi) is 5.24. The summed E-state index contributed by atoms with van der Waals surface area (Å²) in [6, 6.07) is 3.00. The van der Waals surface area contributed by atoms with E-state index in [1.165, 1.54) is 7.11 Å². The molecule has 4 nitrogen and oxygen atoms in total. The van der Waals surface area contributed by atoms with Crippen LogP contribution in [0.25, 0.3) is 0 Å². The van der Waals surface area contributed by atoms with Gasteiger partial charge in [0.15, 0.2) is 0 Å². The fourth-order valence-electron chi connectivity index (χ4n) is 1.60. The lowest BCUT2D eigenvalue weighted by molar-refractivity contribution is -0.152. The lowest BCUT2D eigenvalue weighted by atomic mass is 9.81. The fourth-order valence-corrected chi connectivity index (χ4v) is 3.49. The van der Waals surface area contributed by atoms with Gasteiger partial charge in [0.25, 0.3) is 0 Å². The third-order valence-electron chi connectivity index (χ3n) is 2.88. The van der Waals surface area contributed by atoms with Crippen LogP contribution < -0.4 is 5.73 Å². The van der Waals surface area contributed by atoms with E-state index in [9.17, 15) is 9.90 Å². The van der Waals surface area contributed by atoms with Crippen LogP contribution in [-0.2, 0) is 9.53 Å². The maximum absolute atomic E-state index is 11.7. The molecule has 0 radical (unpaired) electrons. The molecule has 0 saturated heterocycles. The summed E-state index contributed by atoms with van der Waals surface area (Å²) in [5.41, 5.74) is 5.77. The Bertz CT molecular complexity index is 475. The quantitative estimate of drug-likeness (QED) is 0.522. The van der Waals surface area contributed by atoms with Crippen LogP contribution in [0.5, 0.6) is 5.75 Å². The number of phenolic OH excluding ortho intramolecular Hbond substituents is 1. The topological polar surface area (TPSA) is 72.5 Å². The van der Waals surface area contributed by atoms with Crippen molar-refractivity contribution in [2.24, 2.45) is 11.1 Å². The molecule has 0 spiro atoms. The minimum atomic E-state index is -0.903. The van der Waals surface area contributed by atoms with E-state index in [-0.39, 0.29) is 5.75 Å². The number of aromatic hydroxyl groups is 1. The summed E-state index contributed by atoms with van der Waals surface area (Å²) in [5, 5.41) is 10.1. The Balaban J connectivity index is 3.26. The van der Waals surface area contributed by atoms with Gasteiger partial charge in [-0.15, -0.1) is 0 Å². The molecule has 1 atom stereocenters. The van der Waals surface area contributed by atoms with E-state index >= 15 is 0 Å². The van der Waals surface area contributed by atoms with Crippen molar-refractivity contribution in [3.05, 3.63) is 24.8 Å². The lowest BCUT2D eigenvalue weighted by Gasteiger charge is -2.29. The molecule has 0 aliphatic heterocycles. The average molecular weight is 475 g/mol. The third-order valence-corrected chi connectivity index (χ3v) is 4.33. The first-order valence-electron chi connectivity index (χ1n) is 5.23. The maximum Gasteiger partial charge on any atom is 0.313 e. The predicted octanol–water partition coefficient (Wildman–Crippen LogP) is 2.80. The highest BCUT2D eigenvalue weighted by atomic mass is 127. The number of phenols is 1. The Labute approximate surface area is 134 Å². The minimum absolute atomic E-state index is 0.125. The SMILES string of the molecule is COC(=O)C(C)(C)[C@H](N)c1cc(I)cc(I)c1O. The molecule has 3 N–H and O–H groups in total. The Morgan fingerprint density at radius 2 is 2.00 bits per heavy atom. The van der Waals surface area contributed by atoms with Gasteiger partial charge in [0, 0.05) is 15.2 Å². The summed E-state index contributed by atoms with van der Waals surface area (Å²) in [5.74, 6) is -0.274. The van der Waals surface area contributed by atoms with Crippen molar-refractivity contribution < 1.29 is 14.6 Å². The summed E-state index contributed by atoms with van der Waals surface area (Å²) >= 11 is 4.19.